The second kappa shape index (κ2) is 13.8. The number of aryl methyl sites for hydroxylation is 2. The molecule has 0 aliphatic rings. The third kappa shape index (κ3) is 6.18. The summed E-state index contributed by atoms with van der Waals surface area (Å²) in [5.41, 5.74) is 10.8. The fourth-order valence-electron chi connectivity index (χ4n) is 5.99. The van der Waals surface area contributed by atoms with Crippen LogP contribution in [0.25, 0.3) is 72.7 Å². The van der Waals surface area contributed by atoms with Crippen LogP contribution in [0.5, 0.6) is 0 Å². The summed E-state index contributed by atoms with van der Waals surface area (Å²) in [6.07, 6.45) is 1.79. The minimum Gasteiger partial charge on any atom is -0.486 e. The second-order valence-electron chi connectivity index (χ2n) is 11.4. The van der Waals surface area contributed by atoms with E-state index < -0.39 is 0 Å². The number of benzene rings is 4. The number of pyridine rings is 3. The molecule has 6 nitrogen and oxygen atoms in total. The van der Waals surface area contributed by atoms with Crippen molar-refractivity contribution in [3.05, 3.63) is 163 Å². The fraction of sp³-hybridized carbons (Fsp3) is 0.0476. The molecule has 9 aromatic rings. The molecule has 0 amide bonds. The molecule has 7 heteroatoms. The molecule has 0 saturated heterocycles. The molecule has 0 atom stereocenters. The summed E-state index contributed by atoms with van der Waals surface area (Å²) in [6.45, 7) is 4.01. The average Bonchev–Trinajstić information content (AvgIpc) is 3.72. The number of imidazole rings is 1. The zero-order valence-corrected chi connectivity index (χ0v) is 29.2. The van der Waals surface area contributed by atoms with Crippen LogP contribution in [-0.2, 0) is 20.1 Å². The summed E-state index contributed by atoms with van der Waals surface area (Å²) in [4.78, 5) is 19.0. The van der Waals surface area contributed by atoms with Crippen LogP contribution >= 0.6 is 0 Å². The van der Waals surface area contributed by atoms with Gasteiger partial charge in [0.2, 0.25) is 5.71 Å². The Labute approximate surface area is 297 Å². The first-order chi connectivity index (χ1) is 23.6. The summed E-state index contributed by atoms with van der Waals surface area (Å²) in [7, 11) is 0. The number of rotatable bonds is 4. The predicted octanol–water partition coefficient (Wildman–Crippen LogP) is 10.0. The van der Waals surface area contributed by atoms with E-state index in [1.807, 2.05) is 111 Å². The molecule has 1 radical (unpaired) electrons. The number of fused-ring (bicyclic) bond motifs is 4. The molecule has 0 bridgehead atoms. The van der Waals surface area contributed by atoms with Crippen molar-refractivity contribution in [3.8, 4) is 39.6 Å². The summed E-state index contributed by atoms with van der Waals surface area (Å²) in [5.74, 6) is 0.757. The Hall–Kier alpha value is -5.75. The third-order valence-corrected chi connectivity index (χ3v) is 8.20. The maximum absolute atomic E-state index is 6.32. The van der Waals surface area contributed by atoms with Crippen LogP contribution in [-0.4, -0.2) is 24.5 Å². The van der Waals surface area contributed by atoms with Gasteiger partial charge in [-0.1, -0.05) is 71.6 Å². The van der Waals surface area contributed by atoms with E-state index in [0.29, 0.717) is 5.71 Å². The van der Waals surface area contributed by atoms with Gasteiger partial charge in [0.1, 0.15) is 0 Å². The first-order valence-corrected chi connectivity index (χ1v) is 15.7. The van der Waals surface area contributed by atoms with E-state index in [9.17, 15) is 0 Å². The number of hydrogen-bond donors (Lipinski definition) is 0. The van der Waals surface area contributed by atoms with E-state index in [1.165, 1.54) is 0 Å². The van der Waals surface area contributed by atoms with Crippen LogP contribution in [0.1, 0.15) is 11.4 Å². The van der Waals surface area contributed by atoms with Crippen LogP contribution in [0.2, 0.25) is 0 Å². The average molecular weight is 812 g/mol. The van der Waals surface area contributed by atoms with Gasteiger partial charge < -0.3 is 14.0 Å². The maximum Gasteiger partial charge on any atom is 0.216 e. The maximum atomic E-state index is 6.32. The molecule has 0 spiro atoms. The SMILES string of the molecule is Cc1ccc2c(n1)oc1c(-c3nc4cc(-c5ccccc5)nc(C)c4n3-c3ccccc3)[c-]ccc12.[Ir].[c-]1ccccc1-c1ccccn1. The molecule has 5 heterocycles. The van der Waals surface area contributed by atoms with Crippen LogP contribution in [0.3, 0.4) is 0 Å². The number of furan rings is 1. The monoisotopic (exact) mass is 812 g/mol. The van der Waals surface area contributed by atoms with Gasteiger partial charge in [0.25, 0.3) is 0 Å². The van der Waals surface area contributed by atoms with Gasteiger partial charge in [-0.05, 0) is 55.9 Å². The zero-order chi connectivity index (χ0) is 32.5. The second-order valence-corrected chi connectivity index (χ2v) is 11.4. The minimum absolute atomic E-state index is 0. The predicted molar refractivity (Wildman–Crippen MR) is 192 cm³/mol. The van der Waals surface area contributed by atoms with Crippen molar-refractivity contribution in [1.82, 2.24) is 24.5 Å². The van der Waals surface area contributed by atoms with E-state index in [1.54, 1.807) is 6.20 Å². The van der Waals surface area contributed by atoms with Gasteiger partial charge in [0.15, 0.2) is 0 Å². The standard InChI is InChI=1S/C31H21N4O.C11H8N.Ir/c1-19-16-17-24-23-14-9-15-25(29(23)36-31(24)32-19)30-34-27-18-26(21-10-5-3-6-11-21)33-20(2)28(27)35(30)22-12-7-4-8-13-22;1-2-6-10(7-3-1)11-8-4-5-9-12-11;/h3-14,16-18H,1-2H3;1-6,8-9H;/q2*-1;. The smallest absolute Gasteiger partial charge is 0.216 e. The molecule has 0 fully saturated rings. The molecule has 5 aromatic heterocycles. The molecule has 0 aliphatic carbocycles. The van der Waals surface area contributed by atoms with E-state index in [-0.39, 0.29) is 20.1 Å². The topological polar surface area (TPSA) is 69.6 Å². The van der Waals surface area contributed by atoms with E-state index >= 15 is 0 Å². The molecule has 49 heavy (non-hydrogen) atoms. The van der Waals surface area contributed by atoms with Gasteiger partial charge >= 0.3 is 0 Å². The number of aromatic nitrogens is 5. The summed E-state index contributed by atoms with van der Waals surface area (Å²) in [6, 6.07) is 50.8. The van der Waals surface area contributed by atoms with Crippen LogP contribution in [0.15, 0.2) is 144 Å². The number of nitrogens with zero attached hydrogens (tertiary/aromatic N) is 5. The van der Waals surface area contributed by atoms with Crippen LogP contribution in [0.4, 0.5) is 0 Å². The van der Waals surface area contributed by atoms with Crippen molar-refractivity contribution in [2.45, 2.75) is 13.8 Å². The van der Waals surface area contributed by atoms with Crippen molar-refractivity contribution in [2.75, 3.05) is 0 Å². The van der Waals surface area contributed by atoms with Crippen molar-refractivity contribution in [1.29, 1.82) is 0 Å². The molecule has 0 unspecified atom stereocenters. The Kier molecular flexibility index (Phi) is 8.95. The Morgan fingerprint density at radius 2 is 1.43 bits per heavy atom. The van der Waals surface area contributed by atoms with Gasteiger partial charge in [-0.2, -0.15) is 0 Å². The zero-order valence-electron chi connectivity index (χ0n) is 26.8. The molecule has 4 aromatic carbocycles. The Balaban J connectivity index is 0.000000246. The van der Waals surface area contributed by atoms with Gasteiger partial charge in [0, 0.05) is 48.6 Å². The Bertz CT molecular complexity index is 2480. The Morgan fingerprint density at radius 3 is 2.18 bits per heavy atom. The van der Waals surface area contributed by atoms with Crippen molar-refractivity contribution in [2.24, 2.45) is 0 Å². The largest absolute Gasteiger partial charge is 0.486 e. The molecule has 239 valence electrons. The first kappa shape index (κ1) is 31.8. The van der Waals surface area contributed by atoms with E-state index in [0.717, 1.165) is 78.4 Å². The number of para-hydroxylation sites is 1. The molecule has 9 rings (SSSR count). The van der Waals surface area contributed by atoms with Gasteiger partial charge in [0.05, 0.1) is 33.8 Å². The Morgan fingerprint density at radius 1 is 0.653 bits per heavy atom. The normalized spacial score (nSPS) is 10.9. The van der Waals surface area contributed by atoms with Crippen molar-refractivity contribution in [3.63, 3.8) is 0 Å². The van der Waals surface area contributed by atoms with Gasteiger partial charge in [-0.3, -0.25) is 9.97 Å². The quantitative estimate of drug-likeness (QED) is 0.166. The molecular formula is C42H29IrN5O-2. The van der Waals surface area contributed by atoms with E-state index in [4.69, 9.17) is 14.4 Å². The molecule has 0 saturated carbocycles. The summed E-state index contributed by atoms with van der Waals surface area (Å²) in [5, 5.41) is 1.98. The van der Waals surface area contributed by atoms with Crippen molar-refractivity contribution < 1.29 is 24.5 Å². The minimum atomic E-state index is 0. The molecule has 0 aliphatic heterocycles. The van der Waals surface area contributed by atoms with Gasteiger partial charge in [-0.15, -0.1) is 54.1 Å². The summed E-state index contributed by atoms with van der Waals surface area (Å²) >= 11 is 0. The third-order valence-electron chi connectivity index (χ3n) is 8.20. The molecule has 0 N–H and O–H groups in total. The van der Waals surface area contributed by atoms with Gasteiger partial charge in [-0.25, -0.2) is 4.98 Å². The number of hydrogen-bond acceptors (Lipinski definition) is 5. The van der Waals surface area contributed by atoms with E-state index in [2.05, 4.69) is 63.1 Å². The molecular weight excluding hydrogens is 783 g/mol. The fourth-order valence-corrected chi connectivity index (χ4v) is 5.99. The van der Waals surface area contributed by atoms with Crippen LogP contribution < -0.4 is 0 Å². The van der Waals surface area contributed by atoms with Crippen LogP contribution in [0, 0.1) is 26.0 Å². The van der Waals surface area contributed by atoms with Crippen molar-refractivity contribution >= 4 is 33.1 Å². The first-order valence-electron chi connectivity index (χ1n) is 15.7. The summed E-state index contributed by atoms with van der Waals surface area (Å²) < 4.78 is 8.47.